The minimum atomic E-state index is 1.07. The lowest BCUT2D eigenvalue weighted by Gasteiger charge is -1.94. The minimum absolute atomic E-state index is 1.07. The fraction of sp³-hybridized carbons (Fsp3) is 0.750. The zero-order chi connectivity index (χ0) is 4.99. The van der Waals surface area contributed by atoms with Gasteiger partial charge in [-0.25, -0.2) is 0 Å². The van der Waals surface area contributed by atoms with Crippen LogP contribution in [-0.4, -0.2) is 5.75 Å². The SMILES string of the molecule is C[C](C)CSS. The third kappa shape index (κ3) is 4.70. The molecule has 0 aliphatic rings. The van der Waals surface area contributed by atoms with Crippen molar-refractivity contribution in [1.82, 2.24) is 0 Å². The summed E-state index contributed by atoms with van der Waals surface area (Å²) in [7, 11) is 1.57. The Balaban J connectivity index is 2.63. The second kappa shape index (κ2) is 3.88. The van der Waals surface area contributed by atoms with E-state index in [2.05, 4.69) is 25.5 Å². The molecule has 0 rings (SSSR count). The van der Waals surface area contributed by atoms with Crippen LogP contribution in [0.3, 0.4) is 0 Å². The monoisotopic (exact) mass is 121 g/mol. The first kappa shape index (κ1) is 6.70. The first-order valence-corrected chi connectivity index (χ1v) is 3.86. The van der Waals surface area contributed by atoms with Crippen LogP contribution in [0.25, 0.3) is 0 Å². The molecule has 0 aliphatic heterocycles. The number of hydrogen-bond donors (Lipinski definition) is 1. The molecule has 0 saturated heterocycles. The van der Waals surface area contributed by atoms with Crippen molar-refractivity contribution in [3.63, 3.8) is 0 Å². The maximum atomic E-state index is 3.96. The van der Waals surface area contributed by atoms with Crippen molar-refractivity contribution in [1.29, 1.82) is 0 Å². The molecule has 0 aromatic carbocycles. The van der Waals surface area contributed by atoms with Crippen LogP contribution < -0.4 is 0 Å². The van der Waals surface area contributed by atoms with Gasteiger partial charge in [0.1, 0.15) is 0 Å². The largest absolute Gasteiger partial charge is 0.111 e. The van der Waals surface area contributed by atoms with E-state index in [-0.39, 0.29) is 0 Å². The van der Waals surface area contributed by atoms with Gasteiger partial charge in [-0.05, 0) is 5.92 Å². The van der Waals surface area contributed by atoms with Crippen molar-refractivity contribution in [3.8, 4) is 0 Å². The Hall–Kier alpha value is 0.700. The van der Waals surface area contributed by atoms with Gasteiger partial charge in [0, 0.05) is 5.75 Å². The highest BCUT2D eigenvalue weighted by molar-refractivity contribution is 8.68. The second-order valence-electron chi connectivity index (χ2n) is 1.48. The molecule has 0 nitrogen and oxygen atoms in total. The molecule has 0 amide bonds. The zero-order valence-electron chi connectivity index (χ0n) is 4.06. The standard InChI is InChI=1S/C4H9S2/c1-4(2)3-6-5/h5H,3H2,1-2H3. The van der Waals surface area contributed by atoms with Crippen LogP contribution in [0.5, 0.6) is 0 Å². The molecule has 0 aromatic heterocycles. The first-order valence-electron chi connectivity index (χ1n) is 1.82. The third-order valence-electron chi connectivity index (χ3n) is 0.353. The fourth-order valence-corrected chi connectivity index (χ4v) is 1.16. The summed E-state index contributed by atoms with van der Waals surface area (Å²) in [5.41, 5.74) is 0. The van der Waals surface area contributed by atoms with E-state index in [1.807, 2.05) is 0 Å². The predicted octanol–water partition coefficient (Wildman–Crippen LogP) is 2.18. The van der Waals surface area contributed by atoms with E-state index in [1.54, 1.807) is 10.8 Å². The van der Waals surface area contributed by atoms with Crippen LogP contribution in [0.2, 0.25) is 0 Å². The summed E-state index contributed by atoms with van der Waals surface area (Å²) in [4.78, 5) is 0. The fourth-order valence-electron chi connectivity index (χ4n) is 0.129. The maximum absolute atomic E-state index is 3.96. The molecular weight excluding hydrogens is 112 g/mol. The van der Waals surface area contributed by atoms with E-state index in [0.717, 1.165) is 5.75 Å². The van der Waals surface area contributed by atoms with E-state index in [1.165, 1.54) is 5.92 Å². The second-order valence-corrected chi connectivity index (χ2v) is 2.80. The summed E-state index contributed by atoms with van der Waals surface area (Å²) in [6.45, 7) is 4.20. The molecule has 1 radical (unpaired) electrons. The zero-order valence-corrected chi connectivity index (χ0v) is 5.77. The summed E-state index contributed by atoms with van der Waals surface area (Å²) in [6.07, 6.45) is 0. The van der Waals surface area contributed by atoms with Gasteiger partial charge in [0.05, 0.1) is 0 Å². The molecule has 37 valence electrons. The van der Waals surface area contributed by atoms with E-state index >= 15 is 0 Å². The third-order valence-corrected chi connectivity index (χ3v) is 1.45. The molecule has 0 bridgehead atoms. The molecule has 0 unspecified atom stereocenters. The molecule has 2 heteroatoms. The van der Waals surface area contributed by atoms with E-state index in [0.29, 0.717) is 0 Å². The molecule has 0 fully saturated rings. The van der Waals surface area contributed by atoms with Crippen molar-refractivity contribution in [3.05, 3.63) is 5.92 Å². The quantitative estimate of drug-likeness (QED) is 0.431. The Morgan fingerprint density at radius 3 is 2.17 bits per heavy atom. The average molecular weight is 121 g/mol. The molecule has 6 heavy (non-hydrogen) atoms. The maximum Gasteiger partial charge on any atom is 0.00912 e. The Morgan fingerprint density at radius 2 is 2.17 bits per heavy atom. The number of rotatable bonds is 2. The topological polar surface area (TPSA) is 0 Å². The van der Waals surface area contributed by atoms with Crippen molar-refractivity contribution >= 4 is 22.5 Å². The van der Waals surface area contributed by atoms with Gasteiger partial charge < -0.3 is 0 Å². The van der Waals surface area contributed by atoms with Crippen LogP contribution in [0.4, 0.5) is 0 Å². The summed E-state index contributed by atoms with van der Waals surface area (Å²) in [5, 5.41) is 0. The summed E-state index contributed by atoms with van der Waals surface area (Å²) in [6, 6.07) is 0. The van der Waals surface area contributed by atoms with Crippen molar-refractivity contribution < 1.29 is 0 Å². The van der Waals surface area contributed by atoms with Gasteiger partial charge >= 0.3 is 0 Å². The Morgan fingerprint density at radius 1 is 1.67 bits per heavy atom. The van der Waals surface area contributed by atoms with Crippen molar-refractivity contribution in [2.75, 3.05) is 5.75 Å². The van der Waals surface area contributed by atoms with Gasteiger partial charge in [-0.2, -0.15) is 0 Å². The highest BCUT2D eigenvalue weighted by Gasteiger charge is 1.87. The van der Waals surface area contributed by atoms with Crippen molar-refractivity contribution in [2.24, 2.45) is 0 Å². The van der Waals surface area contributed by atoms with Crippen LogP contribution in [-0.2, 0) is 0 Å². The molecule has 0 spiro atoms. The normalized spacial score (nSPS) is 10.0. The Bertz CT molecular complexity index is 26.7. The summed E-state index contributed by atoms with van der Waals surface area (Å²) < 4.78 is 0. The highest BCUT2D eigenvalue weighted by Crippen LogP contribution is 2.10. The van der Waals surface area contributed by atoms with Gasteiger partial charge in [-0.15, -0.1) is 11.7 Å². The first-order chi connectivity index (χ1) is 2.77. The molecule has 0 aromatic rings. The van der Waals surface area contributed by atoms with Crippen LogP contribution in [0.1, 0.15) is 13.8 Å². The van der Waals surface area contributed by atoms with Gasteiger partial charge in [0.25, 0.3) is 0 Å². The summed E-state index contributed by atoms with van der Waals surface area (Å²) >= 11 is 3.96. The van der Waals surface area contributed by atoms with E-state index in [9.17, 15) is 0 Å². The average Bonchev–Trinajstić information content (AvgIpc) is 1.35. The van der Waals surface area contributed by atoms with Gasteiger partial charge in [-0.1, -0.05) is 24.6 Å². The van der Waals surface area contributed by atoms with Gasteiger partial charge in [0.15, 0.2) is 0 Å². The molecule has 0 N–H and O–H groups in total. The Kier molecular flexibility index (Phi) is 4.33. The minimum Gasteiger partial charge on any atom is -0.111 e. The van der Waals surface area contributed by atoms with E-state index in [4.69, 9.17) is 0 Å². The molecule has 0 heterocycles. The van der Waals surface area contributed by atoms with Crippen LogP contribution >= 0.6 is 22.5 Å². The number of hydrogen-bond acceptors (Lipinski definition) is 2. The smallest absolute Gasteiger partial charge is 0.00912 e. The van der Waals surface area contributed by atoms with Crippen LogP contribution in [0, 0.1) is 5.92 Å². The van der Waals surface area contributed by atoms with Crippen LogP contribution in [0.15, 0.2) is 0 Å². The lowest BCUT2D eigenvalue weighted by atomic mass is 10.3. The molecular formula is C4H9S2. The lowest BCUT2D eigenvalue weighted by molar-refractivity contribution is 1.12. The van der Waals surface area contributed by atoms with Gasteiger partial charge in [0.2, 0.25) is 0 Å². The predicted molar refractivity (Wildman–Crippen MR) is 36.0 cm³/mol. The molecule has 0 saturated carbocycles. The van der Waals surface area contributed by atoms with Crippen molar-refractivity contribution in [2.45, 2.75) is 13.8 Å². The summed E-state index contributed by atoms with van der Waals surface area (Å²) in [5.74, 6) is 2.50. The van der Waals surface area contributed by atoms with Gasteiger partial charge in [-0.3, -0.25) is 0 Å². The number of thiol groups is 1. The lowest BCUT2D eigenvalue weighted by Crippen LogP contribution is -1.82. The Labute approximate surface area is 48.5 Å². The molecule has 0 atom stereocenters. The highest BCUT2D eigenvalue weighted by atomic mass is 33.1. The molecule has 0 aliphatic carbocycles. The van der Waals surface area contributed by atoms with E-state index < -0.39 is 0 Å².